The van der Waals surface area contributed by atoms with E-state index in [4.69, 9.17) is 23.2 Å². The lowest BCUT2D eigenvalue weighted by Gasteiger charge is -2.26. The van der Waals surface area contributed by atoms with Crippen molar-refractivity contribution < 1.29 is 8.42 Å². The number of rotatable bonds is 5. The Morgan fingerprint density at radius 3 is 2.11 bits per heavy atom. The molecule has 0 fully saturated rings. The molecule has 0 aromatic heterocycles. The molecule has 0 aliphatic heterocycles. The number of benzene rings is 1. The average molecular weight is 454 g/mol. The molecule has 0 heterocycles. The van der Waals surface area contributed by atoms with Crippen molar-refractivity contribution in [2.75, 3.05) is 11.9 Å². The molecule has 8 heteroatoms. The standard InChI is InChI=1S/C11H13Br2Cl2NO2S/c1-7(2)16(4-3-12)19(17,18)11-9(14)5-8(13)6-10(11)15/h5-7H,3-4H2,1-2H3. The fourth-order valence-corrected chi connectivity index (χ4v) is 5.77. The lowest BCUT2D eigenvalue weighted by atomic mass is 10.4. The number of alkyl halides is 1. The van der Waals surface area contributed by atoms with Crippen molar-refractivity contribution in [3.8, 4) is 0 Å². The number of nitrogens with zero attached hydrogens (tertiary/aromatic N) is 1. The zero-order chi connectivity index (χ0) is 14.8. The van der Waals surface area contributed by atoms with Gasteiger partial charge >= 0.3 is 0 Å². The van der Waals surface area contributed by atoms with Crippen LogP contribution in [0.3, 0.4) is 0 Å². The van der Waals surface area contributed by atoms with E-state index in [-0.39, 0.29) is 21.0 Å². The van der Waals surface area contributed by atoms with Crippen molar-refractivity contribution in [3.63, 3.8) is 0 Å². The SMILES string of the molecule is CC(C)N(CCBr)S(=O)(=O)c1c(Cl)cc(Br)cc1Cl. The van der Waals surface area contributed by atoms with E-state index in [0.717, 1.165) is 0 Å². The van der Waals surface area contributed by atoms with E-state index in [1.54, 1.807) is 13.8 Å². The summed E-state index contributed by atoms with van der Waals surface area (Å²) in [7, 11) is -3.72. The fraction of sp³-hybridized carbons (Fsp3) is 0.455. The van der Waals surface area contributed by atoms with Crippen LogP contribution in [0.2, 0.25) is 10.0 Å². The van der Waals surface area contributed by atoms with Crippen LogP contribution in [0.25, 0.3) is 0 Å². The van der Waals surface area contributed by atoms with E-state index in [0.29, 0.717) is 16.3 Å². The molecule has 1 aromatic carbocycles. The van der Waals surface area contributed by atoms with E-state index in [2.05, 4.69) is 31.9 Å². The van der Waals surface area contributed by atoms with Gasteiger partial charge in [0, 0.05) is 22.4 Å². The van der Waals surface area contributed by atoms with Gasteiger partial charge in [-0.15, -0.1) is 0 Å². The summed E-state index contributed by atoms with van der Waals surface area (Å²) in [5, 5.41) is 0.759. The monoisotopic (exact) mass is 451 g/mol. The quantitative estimate of drug-likeness (QED) is 0.613. The Balaban J connectivity index is 3.42. The van der Waals surface area contributed by atoms with Crippen molar-refractivity contribution >= 4 is 65.1 Å². The second-order valence-corrected chi connectivity index (χ2v) is 8.45. The second kappa shape index (κ2) is 7.09. The summed E-state index contributed by atoms with van der Waals surface area (Å²) >= 11 is 18.6. The molecule has 0 radical (unpaired) electrons. The second-order valence-electron chi connectivity index (χ2n) is 4.10. The molecule has 0 unspecified atom stereocenters. The van der Waals surface area contributed by atoms with Crippen molar-refractivity contribution in [3.05, 3.63) is 26.7 Å². The van der Waals surface area contributed by atoms with Crippen LogP contribution < -0.4 is 0 Å². The van der Waals surface area contributed by atoms with Crippen molar-refractivity contribution in [1.82, 2.24) is 4.31 Å². The third-order valence-corrected chi connectivity index (χ3v) is 6.22. The summed E-state index contributed by atoms with van der Waals surface area (Å²) in [6, 6.07) is 2.86. The largest absolute Gasteiger partial charge is 0.246 e. The Morgan fingerprint density at radius 1 is 1.26 bits per heavy atom. The zero-order valence-electron chi connectivity index (χ0n) is 10.3. The van der Waals surface area contributed by atoms with Crippen LogP contribution in [0.5, 0.6) is 0 Å². The highest BCUT2D eigenvalue weighted by Crippen LogP contribution is 2.35. The lowest BCUT2D eigenvalue weighted by molar-refractivity contribution is 0.372. The van der Waals surface area contributed by atoms with Crippen LogP contribution in [0, 0.1) is 0 Å². The molecule has 0 N–H and O–H groups in total. The van der Waals surface area contributed by atoms with Crippen molar-refractivity contribution in [2.24, 2.45) is 0 Å². The van der Waals surface area contributed by atoms with Crippen molar-refractivity contribution in [1.29, 1.82) is 0 Å². The minimum absolute atomic E-state index is 0.0475. The Kier molecular flexibility index (Phi) is 6.61. The first kappa shape index (κ1) is 17.7. The van der Waals surface area contributed by atoms with Gasteiger partial charge in [0.15, 0.2) is 0 Å². The van der Waals surface area contributed by atoms with Gasteiger partial charge in [0.05, 0.1) is 10.0 Å². The molecule has 108 valence electrons. The molecule has 0 spiro atoms. The van der Waals surface area contributed by atoms with Crippen LogP contribution in [0.4, 0.5) is 0 Å². The van der Waals surface area contributed by atoms with E-state index in [9.17, 15) is 8.42 Å². The molecule has 1 rings (SSSR count). The van der Waals surface area contributed by atoms with Crippen molar-refractivity contribution in [2.45, 2.75) is 24.8 Å². The zero-order valence-corrected chi connectivity index (χ0v) is 15.8. The van der Waals surface area contributed by atoms with E-state index >= 15 is 0 Å². The highest BCUT2D eigenvalue weighted by molar-refractivity contribution is 9.10. The Bertz CT molecular complexity index is 541. The van der Waals surface area contributed by atoms with Gasteiger partial charge in [-0.1, -0.05) is 55.1 Å². The van der Waals surface area contributed by atoms with Gasteiger partial charge in [0.1, 0.15) is 4.90 Å². The predicted molar refractivity (Wildman–Crippen MR) is 87.0 cm³/mol. The maximum absolute atomic E-state index is 12.6. The summed E-state index contributed by atoms with van der Waals surface area (Å²) in [5.41, 5.74) is 0. The third-order valence-electron chi connectivity index (χ3n) is 2.41. The molecule has 0 atom stereocenters. The molecule has 0 aliphatic carbocycles. The normalized spacial score (nSPS) is 12.4. The maximum Gasteiger partial charge on any atom is 0.246 e. The third kappa shape index (κ3) is 4.08. The molecule has 0 saturated carbocycles. The average Bonchev–Trinajstić information content (AvgIpc) is 2.22. The molecule has 0 saturated heterocycles. The van der Waals surface area contributed by atoms with E-state index in [1.807, 2.05) is 0 Å². The topological polar surface area (TPSA) is 37.4 Å². The fourth-order valence-electron chi connectivity index (χ4n) is 1.63. The smallest absolute Gasteiger partial charge is 0.207 e. The van der Waals surface area contributed by atoms with Gasteiger partial charge < -0.3 is 0 Å². The van der Waals surface area contributed by atoms with Gasteiger partial charge in [-0.2, -0.15) is 4.31 Å². The first-order chi connectivity index (χ1) is 8.71. The summed E-state index contributed by atoms with van der Waals surface area (Å²) in [4.78, 5) is -0.0475. The first-order valence-corrected chi connectivity index (χ1v) is 9.55. The van der Waals surface area contributed by atoms with Crippen LogP contribution in [0.1, 0.15) is 13.8 Å². The number of halogens is 4. The Hall–Kier alpha value is 0.670. The molecule has 0 bridgehead atoms. The molecule has 0 aliphatic rings. The van der Waals surface area contributed by atoms with Gasteiger partial charge in [-0.3, -0.25) is 0 Å². The minimum Gasteiger partial charge on any atom is -0.207 e. The Labute approximate surface area is 140 Å². The molecular formula is C11H13Br2Cl2NO2S. The van der Waals surface area contributed by atoms with Gasteiger partial charge in [-0.25, -0.2) is 8.42 Å². The van der Waals surface area contributed by atoms with Gasteiger partial charge in [-0.05, 0) is 26.0 Å². The predicted octanol–water partition coefficient (Wildman–Crippen LogP) is 4.55. The molecule has 19 heavy (non-hydrogen) atoms. The van der Waals surface area contributed by atoms with E-state index < -0.39 is 10.0 Å². The Morgan fingerprint density at radius 2 is 1.74 bits per heavy atom. The van der Waals surface area contributed by atoms with Gasteiger partial charge in [0.2, 0.25) is 10.0 Å². The first-order valence-electron chi connectivity index (χ1n) is 5.44. The number of hydrogen-bond donors (Lipinski definition) is 0. The summed E-state index contributed by atoms with van der Waals surface area (Å²) in [6.07, 6.45) is 0. The summed E-state index contributed by atoms with van der Waals surface area (Å²) in [5.74, 6) is 0. The summed E-state index contributed by atoms with van der Waals surface area (Å²) in [6.45, 7) is 3.96. The summed E-state index contributed by atoms with van der Waals surface area (Å²) < 4.78 is 27.3. The highest BCUT2D eigenvalue weighted by atomic mass is 79.9. The maximum atomic E-state index is 12.6. The van der Waals surface area contributed by atoms with Crippen LogP contribution >= 0.6 is 55.1 Å². The highest BCUT2D eigenvalue weighted by Gasteiger charge is 2.30. The number of sulfonamides is 1. The van der Waals surface area contributed by atoms with Crippen LogP contribution in [0.15, 0.2) is 21.5 Å². The number of hydrogen-bond acceptors (Lipinski definition) is 2. The molecule has 0 amide bonds. The molecule has 3 nitrogen and oxygen atoms in total. The minimum atomic E-state index is -3.72. The van der Waals surface area contributed by atoms with Gasteiger partial charge in [0.25, 0.3) is 0 Å². The van der Waals surface area contributed by atoms with Crippen LogP contribution in [-0.4, -0.2) is 30.6 Å². The molecule has 1 aromatic rings. The lowest BCUT2D eigenvalue weighted by Crippen LogP contribution is -2.38. The van der Waals surface area contributed by atoms with E-state index in [1.165, 1.54) is 16.4 Å². The van der Waals surface area contributed by atoms with Crippen LogP contribution in [-0.2, 0) is 10.0 Å². The molecular weight excluding hydrogens is 441 g/mol.